The Labute approximate surface area is 135 Å². The SMILES string of the molecule is CCCCCCCCC(Cc1nc(C(C)(C)C)cs1)NC. The summed E-state index contributed by atoms with van der Waals surface area (Å²) < 4.78 is 0. The van der Waals surface area contributed by atoms with Gasteiger partial charge in [-0.15, -0.1) is 11.3 Å². The van der Waals surface area contributed by atoms with E-state index in [1.807, 2.05) is 11.3 Å². The molecule has 0 saturated heterocycles. The molecular weight excluding hydrogens is 276 g/mol. The monoisotopic (exact) mass is 310 g/mol. The van der Waals surface area contributed by atoms with Gasteiger partial charge in [0.1, 0.15) is 0 Å². The van der Waals surface area contributed by atoms with Crippen LogP contribution in [0.4, 0.5) is 0 Å². The van der Waals surface area contributed by atoms with Crippen molar-refractivity contribution in [3.8, 4) is 0 Å². The van der Waals surface area contributed by atoms with Gasteiger partial charge in [-0.1, -0.05) is 66.2 Å². The second-order valence-electron chi connectivity index (χ2n) is 7.12. The van der Waals surface area contributed by atoms with Gasteiger partial charge in [0, 0.05) is 23.3 Å². The molecule has 0 aliphatic rings. The average molecular weight is 311 g/mol. The lowest BCUT2D eigenvalue weighted by atomic mass is 9.93. The number of thiazole rings is 1. The van der Waals surface area contributed by atoms with E-state index in [0.29, 0.717) is 6.04 Å². The Morgan fingerprint density at radius 2 is 1.81 bits per heavy atom. The van der Waals surface area contributed by atoms with Gasteiger partial charge in [-0.25, -0.2) is 4.98 Å². The predicted molar refractivity (Wildman–Crippen MR) is 95.4 cm³/mol. The maximum atomic E-state index is 4.82. The molecule has 0 aromatic carbocycles. The van der Waals surface area contributed by atoms with Crippen molar-refractivity contribution in [3.63, 3.8) is 0 Å². The van der Waals surface area contributed by atoms with Gasteiger partial charge < -0.3 is 5.32 Å². The molecule has 1 heterocycles. The Kier molecular flexibility index (Phi) is 8.50. The maximum absolute atomic E-state index is 4.82. The van der Waals surface area contributed by atoms with Crippen LogP contribution < -0.4 is 5.32 Å². The molecule has 0 amide bonds. The van der Waals surface area contributed by atoms with Crippen LogP contribution in [-0.2, 0) is 11.8 Å². The first-order chi connectivity index (χ1) is 9.97. The van der Waals surface area contributed by atoms with Crippen molar-refractivity contribution in [1.29, 1.82) is 0 Å². The number of nitrogens with one attached hydrogen (secondary N) is 1. The zero-order valence-corrected chi connectivity index (χ0v) is 15.5. The fraction of sp³-hybridized carbons (Fsp3) is 0.833. The molecule has 0 aliphatic carbocycles. The Balaban J connectivity index is 2.31. The molecule has 0 aliphatic heterocycles. The molecule has 0 spiro atoms. The quantitative estimate of drug-likeness (QED) is 0.591. The Morgan fingerprint density at radius 3 is 2.38 bits per heavy atom. The molecule has 1 atom stereocenters. The molecule has 2 nitrogen and oxygen atoms in total. The van der Waals surface area contributed by atoms with Gasteiger partial charge in [0.05, 0.1) is 10.7 Å². The zero-order valence-electron chi connectivity index (χ0n) is 14.7. The van der Waals surface area contributed by atoms with Gasteiger partial charge in [0.25, 0.3) is 0 Å². The van der Waals surface area contributed by atoms with Gasteiger partial charge in [-0.05, 0) is 13.5 Å². The maximum Gasteiger partial charge on any atom is 0.0944 e. The Morgan fingerprint density at radius 1 is 1.14 bits per heavy atom. The molecule has 0 saturated carbocycles. The highest BCUT2D eigenvalue weighted by molar-refractivity contribution is 7.09. The zero-order chi connectivity index (χ0) is 15.7. The van der Waals surface area contributed by atoms with Gasteiger partial charge in [0.2, 0.25) is 0 Å². The van der Waals surface area contributed by atoms with Crippen LogP contribution in [0.2, 0.25) is 0 Å². The highest BCUT2D eigenvalue weighted by Gasteiger charge is 2.18. The minimum Gasteiger partial charge on any atom is -0.317 e. The lowest BCUT2D eigenvalue weighted by Gasteiger charge is -2.16. The van der Waals surface area contributed by atoms with E-state index in [1.54, 1.807) is 0 Å². The van der Waals surface area contributed by atoms with Crippen LogP contribution in [-0.4, -0.2) is 18.1 Å². The molecule has 1 aromatic rings. The van der Waals surface area contributed by atoms with Crippen LogP contribution in [0.25, 0.3) is 0 Å². The van der Waals surface area contributed by atoms with Gasteiger partial charge in [-0.3, -0.25) is 0 Å². The van der Waals surface area contributed by atoms with Crippen LogP contribution in [0.5, 0.6) is 0 Å². The largest absolute Gasteiger partial charge is 0.317 e. The van der Waals surface area contributed by atoms with Crippen molar-refractivity contribution < 1.29 is 0 Å². The van der Waals surface area contributed by atoms with Crippen LogP contribution >= 0.6 is 11.3 Å². The number of aromatic nitrogens is 1. The molecule has 1 rings (SSSR count). The van der Waals surface area contributed by atoms with Crippen LogP contribution in [0.1, 0.15) is 83.3 Å². The summed E-state index contributed by atoms with van der Waals surface area (Å²) in [7, 11) is 2.08. The Bertz CT molecular complexity index is 379. The second kappa shape index (κ2) is 9.58. The summed E-state index contributed by atoms with van der Waals surface area (Å²) in [5.41, 5.74) is 1.40. The number of nitrogens with zero attached hydrogens (tertiary/aromatic N) is 1. The van der Waals surface area contributed by atoms with E-state index in [0.717, 1.165) is 6.42 Å². The van der Waals surface area contributed by atoms with Crippen LogP contribution in [0, 0.1) is 0 Å². The summed E-state index contributed by atoms with van der Waals surface area (Å²) in [6.45, 7) is 8.98. The fourth-order valence-corrected chi connectivity index (χ4v) is 3.58. The number of hydrogen-bond acceptors (Lipinski definition) is 3. The first kappa shape index (κ1) is 18.6. The number of likely N-dealkylation sites (N-methyl/N-ethyl adjacent to an activating group) is 1. The van der Waals surface area contributed by atoms with E-state index >= 15 is 0 Å². The van der Waals surface area contributed by atoms with E-state index in [4.69, 9.17) is 4.98 Å². The average Bonchev–Trinajstić information content (AvgIpc) is 2.90. The van der Waals surface area contributed by atoms with Gasteiger partial charge in [-0.2, -0.15) is 0 Å². The molecule has 1 aromatic heterocycles. The molecule has 0 bridgehead atoms. The third kappa shape index (κ3) is 7.42. The number of hydrogen-bond donors (Lipinski definition) is 1. The second-order valence-corrected chi connectivity index (χ2v) is 8.07. The van der Waals surface area contributed by atoms with Crippen molar-refractivity contribution in [3.05, 3.63) is 16.1 Å². The molecular formula is C18H34N2S. The van der Waals surface area contributed by atoms with Gasteiger partial charge >= 0.3 is 0 Å². The first-order valence-electron chi connectivity index (χ1n) is 8.59. The summed E-state index contributed by atoms with van der Waals surface area (Å²) >= 11 is 1.82. The standard InChI is InChI=1S/C18H34N2S/c1-6-7-8-9-10-11-12-15(19-5)13-17-20-16(14-21-17)18(2,3)4/h14-15,19H,6-13H2,1-5H3. The van der Waals surface area contributed by atoms with E-state index < -0.39 is 0 Å². The van der Waals surface area contributed by atoms with E-state index in [-0.39, 0.29) is 5.41 Å². The van der Waals surface area contributed by atoms with Crippen LogP contribution in [0.3, 0.4) is 0 Å². The van der Waals surface area contributed by atoms with E-state index in [2.05, 4.69) is 45.4 Å². The van der Waals surface area contributed by atoms with Crippen molar-refractivity contribution in [2.75, 3.05) is 7.05 Å². The lowest BCUT2D eigenvalue weighted by molar-refractivity contribution is 0.477. The topological polar surface area (TPSA) is 24.9 Å². The first-order valence-corrected chi connectivity index (χ1v) is 9.47. The Hall–Kier alpha value is -0.410. The third-order valence-corrected chi connectivity index (χ3v) is 4.93. The lowest BCUT2D eigenvalue weighted by Crippen LogP contribution is -2.27. The third-order valence-electron chi connectivity index (χ3n) is 4.06. The fourth-order valence-electron chi connectivity index (χ4n) is 2.48. The highest BCUT2D eigenvalue weighted by Crippen LogP contribution is 2.24. The molecule has 1 N–H and O–H groups in total. The summed E-state index contributed by atoms with van der Waals surface area (Å²) in [4.78, 5) is 4.82. The minimum atomic E-state index is 0.170. The minimum absolute atomic E-state index is 0.170. The van der Waals surface area contributed by atoms with E-state index in [1.165, 1.54) is 55.6 Å². The summed E-state index contributed by atoms with van der Waals surface area (Å²) in [5.74, 6) is 0. The predicted octanol–water partition coefficient (Wildman–Crippen LogP) is 5.32. The van der Waals surface area contributed by atoms with Crippen molar-refractivity contribution in [1.82, 2.24) is 10.3 Å². The summed E-state index contributed by atoms with van der Waals surface area (Å²) in [6.07, 6.45) is 10.6. The number of unbranched alkanes of at least 4 members (excludes halogenated alkanes) is 5. The van der Waals surface area contributed by atoms with E-state index in [9.17, 15) is 0 Å². The van der Waals surface area contributed by atoms with Crippen LogP contribution in [0.15, 0.2) is 5.38 Å². The molecule has 0 fully saturated rings. The molecule has 1 unspecified atom stereocenters. The smallest absolute Gasteiger partial charge is 0.0944 e. The van der Waals surface area contributed by atoms with Crippen molar-refractivity contribution in [2.45, 2.75) is 90.5 Å². The molecule has 21 heavy (non-hydrogen) atoms. The van der Waals surface area contributed by atoms with Crippen molar-refractivity contribution in [2.24, 2.45) is 0 Å². The number of rotatable bonds is 10. The summed E-state index contributed by atoms with van der Waals surface area (Å²) in [5, 5.41) is 6.98. The summed E-state index contributed by atoms with van der Waals surface area (Å²) in [6, 6.07) is 0.579. The normalized spacial score (nSPS) is 13.6. The molecule has 0 radical (unpaired) electrons. The van der Waals surface area contributed by atoms with Crippen molar-refractivity contribution >= 4 is 11.3 Å². The molecule has 122 valence electrons. The van der Waals surface area contributed by atoms with Gasteiger partial charge in [0.15, 0.2) is 0 Å². The molecule has 3 heteroatoms. The highest BCUT2D eigenvalue weighted by atomic mass is 32.1.